The van der Waals surface area contributed by atoms with Crippen molar-refractivity contribution in [3.63, 3.8) is 0 Å². The van der Waals surface area contributed by atoms with Crippen LogP contribution in [0.1, 0.15) is 15.9 Å². The minimum absolute atomic E-state index is 0.551. The van der Waals surface area contributed by atoms with Crippen molar-refractivity contribution >= 4 is 35.4 Å². The molecule has 0 aliphatic carbocycles. The lowest BCUT2D eigenvalue weighted by Gasteiger charge is -2.14. The Balaban J connectivity index is 2.49. The SMILES string of the molecule is Cc1cccc(P)c1Oc1c(P)cccc1C=O. The van der Waals surface area contributed by atoms with Gasteiger partial charge in [-0.15, -0.1) is 18.5 Å². The normalized spacial score (nSPS) is 10.2. The number of carbonyl (C=O) groups excluding carboxylic acids is 1. The van der Waals surface area contributed by atoms with E-state index in [2.05, 4.69) is 18.5 Å². The first kappa shape index (κ1) is 13.2. The molecule has 18 heavy (non-hydrogen) atoms. The molecule has 0 bridgehead atoms. The fourth-order valence-corrected chi connectivity index (χ4v) is 2.44. The molecule has 0 amide bonds. The average Bonchev–Trinajstić information content (AvgIpc) is 2.35. The summed E-state index contributed by atoms with van der Waals surface area (Å²) in [4.78, 5) is 11.0. The van der Waals surface area contributed by atoms with E-state index in [9.17, 15) is 4.79 Å². The Hall–Kier alpha value is -1.23. The highest BCUT2D eigenvalue weighted by Crippen LogP contribution is 2.26. The molecule has 0 radical (unpaired) electrons. The zero-order valence-corrected chi connectivity index (χ0v) is 12.3. The van der Waals surface area contributed by atoms with Crippen LogP contribution in [0.5, 0.6) is 11.5 Å². The van der Waals surface area contributed by atoms with Crippen LogP contribution in [0, 0.1) is 6.92 Å². The second-order valence-electron chi connectivity index (χ2n) is 3.98. The van der Waals surface area contributed by atoms with Crippen molar-refractivity contribution in [2.24, 2.45) is 0 Å². The number of rotatable bonds is 3. The molecule has 0 aliphatic heterocycles. The first-order chi connectivity index (χ1) is 8.63. The average molecular weight is 276 g/mol. The van der Waals surface area contributed by atoms with E-state index in [0.29, 0.717) is 11.3 Å². The zero-order valence-electron chi connectivity index (χ0n) is 10.0. The summed E-state index contributed by atoms with van der Waals surface area (Å²) in [6.07, 6.45) is 0.809. The number of para-hydroxylation sites is 2. The topological polar surface area (TPSA) is 26.3 Å². The van der Waals surface area contributed by atoms with Crippen LogP contribution in [0.25, 0.3) is 0 Å². The number of benzene rings is 2. The number of aldehydes is 1. The highest BCUT2D eigenvalue weighted by molar-refractivity contribution is 7.28. The molecule has 0 fully saturated rings. The van der Waals surface area contributed by atoms with Crippen molar-refractivity contribution in [3.8, 4) is 11.5 Å². The van der Waals surface area contributed by atoms with E-state index in [1.54, 1.807) is 6.07 Å². The summed E-state index contributed by atoms with van der Waals surface area (Å²) in [5.41, 5.74) is 1.59. The molecule has 0 saturated heterocycles. The van der Waals surface area contributed by atoms with Gasteiger partial charge in [-0.2, -0.15) is 0 Å². The van der Waals surface area contributed by atoms with Gasteiger partial charge in [0.05, 0.1) is 5.56 Å². The molecule has 0 heterocycles. The molecule has 2 aromatic rings. The molecule has 4 heteroatoms. The monoisotopic (exact) mass is 276 g/mol. The second-order valence-corrected chi connectivity index (χ2v) is 5.22. The van der Waals surface area contributed by atoms with Gasteiger partial charge in [-0.3, -0.25) is 4.79 Å². The van der Waals surface area contributed by atoms with Crippen LogP contribution in [0.15, 0.2) is 36.4 Å². The Kier molecular flexibility index (Phi) is 4.11. The molecule has 0 N–H and O–H groups in total. The molecule has 0 aromatic heterocycles. The Morgan fingerprint density at radius 3 is 2.22 bits per heavy atom. The lowest BCUT2D eigenvalue weighted by atomic mass is 10.2. The summed E-state index contributed by atoms with van der Waals surface area (Å²) in [5.74, 6) is 1.37. The van der Waals surface area contributed by atoms with Gasteiger partial charge in [-0.05, 0) is 18.6 Å². The lowest BCUT2D eigenvalue weighted by molar-refractivity contribution is 0.112. The van der Waals surface area contributed by atoms with Crippen molar-refractivity contribution in [1.82, 2.24) is 0 Å². The number of hydrogen-bond donors (Lipinski definition) is 0. The van der Waals surface area contributed by atoms with Crippen LogP contribution in [-0.2, 0) is 0 Å². The van der Waals surface area contributed by atoms with E-state index < -0.39 is 0 Å². The van der Waals surface area contributed by atoms with Crippen molar-refractivity contribution in [1.29, 1.82) is 0 Å². The van der Waals surface area contributed by atoms with Crippen LogP contribution in [0.4, 0.5) is 0 Å². The van der Waals surface area contributed by atoms with Crippen molar-refractivity contribution in [2.75, 3.05) is 0 Å². The van der Waals surface area contributed by atoms with E-state index >= 15 is 0 Å². The van der Waals surface area contributed by atoms with Gasteiger partial charge in [-0.25, -0.2) is 0 Å². The fourth-order valence-electron chi connectivity index (χ4n) is 1.70. The Morgan fingerprint density at radius 2 is 1.61 bits per heavy atom. The Morgan fingerprint density at radius 1 is 1.00 bits per heavy atom. The molecule has 92 valence electrons. The van der Waals surface area contributed by atoms with Crippen LogP contribution in [0.3, 0.4) is 0 Å². The van der Waals surface area contributed by atoms with Gasteiger partial charge in [0.2, 0.25) is 0 Å². The van der Waals surface area contributed by atoms with E-state index in [1.807, 2.05) is 37.3 Å². The molecule has 2 unspecified atom stereocenters. The molecule has 2 rings (SSSR count). The van der Waals surface area contributed by atoms with Crippen molar-refractivity contribution < 1.29 is 9.53 Å². The third kappa shape index (κ3) is 2.61. The quantitative estimate of drug-likeness (QED) is 0.636. The van der Waals surface area contributed by atoms with E-state index in [0.717, 1.165) is 28.2 Å². The Labute approximate surface area is 111 Å². The molecule has 0 aliphatic rings. The van der Waals surface area contributed by atoms with Gasteiger partial charge in [0, 0.05) is 10.6 Å². The highest BCUT2D eigenvalue weighted by Gasteiger charge is 2.11. The van der Waals surface area contributed by atoms with Crippen LogP contribution in [-0.4, -0.2) is 6.29 Å². The number of aryl methyl sites for hydroxylation is 1. The maximum absolute atomic E-state index is 11.0. The van der Waals surface area contributed by atoms with Gasteiger partial charge < -0.3 is 4.74 Å². The largest absolute Gasteiger partial charge is 0.455 e. The molecule has 0 spiro atoms. The standard InChI is InChI=1S/C14H14O2P2/c1-9-4-2-6-11(17)13(9)16-14-10(8-15)5-3-7-12(14)18/h2-8H,17-18H2,1H3. The van der Waals surface area contributed by atoms with Gasteiger partial charge in [-0.1, -0.05) is 30.3 Å². The summed E-state index contributed by atoms with van der Waals surface area (Å²) < 4.78 is 5.92. The van der Waals surface area contributed by atoms with Crippen LogP contribution < -0.4 is 15.3 Å². The van der Waals surface area contributed by atoms with E-state index in [4.69, 9.17) is 4.74 Å². The lowest BCUT2D eigenvalue weighted by Crippen LogP contribution is -2.07. The molecule has 2 nitrogen and oxygen atoms in total. The van der Waals surface area contributed by atoms with Crippen LogP contribution in [0.2, 0.25) is 0 Å². The third-order valence-corrected chi connectivity index (χ3v) is 3.56. The summed E-state index contributed by atoms with van der Waals surface area (Å²) >= 11 is 0. The molecule has 0 saturated carbocycles. The van der Waals surface area contributed by atoms with Gasteiger partial charge in [0.15, 0.2) is 6.29 Å². The second kappa shape index (κ2) is 5.61. The zero-order chi connectivity index (χ0) is 13.1. The van der Waals surface area contributed by atoms with Crippen LogP contribution >= 0.6 is 18.5 Å². The van der Waals surface area contributed by atoms with Gasteiger partial charge in [0.25, 0.3) is 0 Å². The fraction of sp³-hybridized carbons (Fsp3) is 0.0714. The number of hydrogen-bond acceptors (Lipinski definition) is 2. The first-order valence-corrected chi connectivity index (χ1v) is 6.65. The maximum atomic E-state index is 11.0. The van der Waals surface area contributed by atoms with E-state index in [1.165, 1.54) is 0 Å². The van der Waals surface area contributed by atoms with Gasteiger partial charge >= 0.3 is 0 Å². The minimum atomic E-state index is 0.551. The number of ether oxygens (including phenoxy) is 1. The highest BCUT2D eigenvalue weighted by atomic mass is 31.0. The van der Waals surface area contributed by atoms with E-state index in [-0.39, 0.29) is 0 Å². The molecule has 2 aromatic carbocycles. The van der Waals surface area contributed by atoms with Gasteiger partial charge in [0.1, 0.15) is 11.5 Å². The molecule has 2 atom stereocenters. The summed E-state index contributed by atoms with van der Waals surface area (Å²) in [7, 11) is 5.23. The summed E-state index contributed by atoms with van der Waals surface area (Å²) in [6, 6.07) is 11.4. The van der Waals surface area contributed by atoms with Crippen molar-refractivity contribution in [2.45, 2.75) is 6.92 Å². The molecular formula is C14H14O2P2. The smallest absolute Gasteiger partial charge is 0.153 e. The predicted molar refractivity (Wildman–Crippen MR) is 81.8 cm³/mol. The molecular weight excluding hydrogens is 262 g/mol. The number of carbonyl (C=O) groups is 1. The summed E-state index contributed by atoms with van der Waals surface area (Å²) in [5, 5.41) is 1.84. The third-order valence-electron chi connectivity index (χ3n) is 2.65. The maximum Gasteiger partial charge on any atom is 0.153 e. The Bertz CT molecular complexity index is 574. The first-order valence-electron chi connectivity index (χ1n) is 5.50. The minimum Gasteiger partial charge on any atom is -0.455 e. The summed E-state index contributed by atoms with van der Waals surface area (Å²) in [6.45, 7) is 1.98. The van der Waals surface area contributed by atoms with Crippen molar-refractivity contribution in [3.05, 3.63) is 47.5 Å². The predicted octanol–water partition coefficient (Wildman–Crippen LogP) is 2.60.